The van der Waals surface area contributed by atoms with Crippen molar-refractivity contribution in [1.82, 2.24) is 4.98 Å². The molecule has 2 aromatic rings. The maximum atomic E-state index is 12.1. The SMILES string of the molecule is CCNc1ccc(C(=O)Nc2nc(C)cs2)cc1[N+](=O)[O-]. The molecule has 0 unspecified atom stereocenters. The first-order valence-electron chi connectivity index (χ1n) is 6.27. The summed E-state index contributed by atoms with van der Waals surface area (Å²) in [5.41, 5.74) is 1.30. The van der Waals surface area contributed by atoms with Gasteiger partial charge in [-0.05, 0) is 26.0 Å². The molecule has 0 spiro atoms. The van der Waals surface area contributed by atoms with Crippen LogP contribution in [-0.4, -0.2) is 22.4 Å². The van der Waals surface area contributed by atoms with Crippen molar-refractivity contribution in [2.45, 2.75) is 13.8 Å². The van der Waals surface area contributed by atoms with E-state index in [1.807, 2.05) is 19.2 Å². The summed E-state index contributed by atoms with van der Waals surface area (Å²) < 4.78 is 0. The van der Waals surface area contributed by atoms with E-state index in [4.69, 9.17) is 0 Å². The molecule has 21 heavy (non-hydrogen) atoms. The average molecular weight is 306 g/mol. The lowest BCUT2D eigenvalue weighted by Crippen LogP contribution is -2.12. The van der Waals surface area contributed by atoms with Crippen LogP contribution in [0.15, 0.2) is 23.6 Å². The summed E-state index contributed by atoms with van der Waals surface area (Å²) in [5, 5.41) is 18.9. The third kappa shape index (κ3) is 3.54. The number of nitro benzene ring substituents is 1. The van der Waals surface area contributed by atoms with Gasteiger partial charge in [0.05, 0.1) is 10.6 Å². The van der Waals surface area contributed by atoms with Crippen molar-refractivity contribution in [3.63, 3.8) is 0 Å². The number of nitrogens with zero attached hydrogens (tertiary/aromatic N) is 2. The molecule has 110 valence electrons. The Bertz CT molecular complexity index is 684. The van der Waals surface area contributed by atoms with Gasteiger partial charge in [0, 0.05) is 23.6 Å². The minimum Gasteiger partial charge on any atom is -0.380 e. The minimum absolute atomic E-state index is 0.125. The van der Waals surface area contributed by atoms with Gasteiger partial charge in [-0.2, -0.15) is 0 Å². The highest BCUT2D eigenvalue weighted by Crippen LogP contribution is 2.26. The number of benzene rings is 1. The third-order valence-corrected chi connectivity index (χ3v) is 3.54. The Balaban J connectivity index is 2.25. The van der Waals surface area contributed by atoms with Gasteiger partial charge in [0.2, 0.25) is 0 Å². The molecule has 1 amide bonds. The highest BCUT2D eigenvalue weighted by Gasteiger charge is 2.17. The van der Waals surface area contributed by atoms with E-state index in [0.717, 1.165) is 5.69 Å². The first kappa shape index (κ1) is 14.9. The lowest BCUT2D eigenvalue weighted by Gasteiger charge is -2.06. The zero-order chi connectivity index (χ0) is 15.4. The third-order valence-electron chi connectivity index (χ3n) is 2.66. The first-order valence-corrected chi connectivity index (χ1v) is 7.15. The highest BCUT2D eigenvalue weighted by molar-refractivity contribution is 7.13. The minimum atomic E-state index is -0.512. The molecule has 1 heterocycles. The molecule has 1 aromatic heterocycles. The van der Waals surface area contributed by atoms with E-state index in [-0.39, 0.29) is 11.3 Å². The molecule has 2 N–H and O–H groups in total. The average Bonchev–Trinajstić information content (AvgIpc) is 2.84. The van der Waals surface area contributed by atoms with Crippen LogP contribution in [-0.2, 0) is 0 Å². The lowest BCUT2D eigenvalue weighted by atomic mass is 10.1. The van der Waals surface area contributed by atoms with Crippen molar-refractivity contribution in [3.05, 3.63) is 45.0 Å². The second-order valence-corrected chi connectivity index (χ2v) is 5.13. The molecule has 0 aliphatic heterocycles. The van der Waals surface area contributed by atoms with Gasteiger partial charge in [0.1, 0.15) is 5.69 Å². The van der Waals surface area contributed by atoms with E-state index in [1.165, 1.54) is 23.5 Å². The number of carbonyl (C=O) groups is 1. The van der Waals surface area contributed by atoms with E-state index < -0.39 is 10.8 Å². The zero-order valence-electron chi connectivity index (χ0n) is 11.5. The summed E-state index contributed by atoms with van der Waals surface area (Å²) in [6.45, 7) is 4.22. The van der Waals surface area contributed by atoms with Crippen LogP contribution in [0.2, 0.25) is 0 Å². The Morgan fingerprint density at radius 3 is 2.81 bits per heavy atom. The molecule has 0 saturated heterocycles. The van der Waals surface area contributed by atoms with Crippen LogP contribution in [0.4, 0.5) is 16.5 Å². The van der Waals surface area contributed by atoms with E-state index >= 15 is 0 Å². The van der Waals surface area contributed by atoms with E-state index in [0.29, 0.717) is 17.4 Å². The number of nitro groups is 1. The van der Waals surface area contributed by atoms with Crippen molar-refractivity contribution < 1.29 is 9.72 Å². The van der Waals surface area contributed by atoms with Crippen LogP contribution in [0.5, 0.6) is 0 Å². The molecule has 0 saturated carbocycles. The van der Waals surface area contributed by atoms with E-state index in [9.17, 15) is 14.9 Å². The Labute approximate surface area is 125 Å². The summed E-state index contributed by atoms with van der Waals surface area (Å²) in [6, 6.07) is 4.33. The van der Waals surface area contributed by atoms with Crippen LogP contribution in [0.25, 0.3) is 0 Å². The molecule has 2 rings (SSSR count). The van der Waals surface area contributed by atoms with Gasteiger partial charge in [-0.3, -0.25) is 20.2 Å². The number of amides is 1. The van der Waals surface area contributed by atoms with Gasteiger partial charge in [0.15, 0.2) is 5.13 Å². The molecular formula is C13H14N4O3S. The number of hydrogen-bond acceptors (Lipinski definition) is 6. The fourth-order valence-electron chi connectivity index (χ4n) is 1.74. The van der Waals surface area contributed by atoms with Gasteiger partial charge >= 0.3 is 0 Å². The lowest BCUT2D eigenvalue weighted by molar-refractivity contribution is -0.384. The van der Waals surface area contributed by atoms with Crippen LogP contribution >= 0.6 is 11.3 Å². The van der Waals surface area contributed by atoms with Gasteiger partial charge in [-0.15, -0.1) is 11.3 Å². The Kier molecular flexibility index (Phi) is 4.49. The summed E-state index contributed by atoms with van der Waals surface area (Å²) in [5.74, 6) is -0.421. The predicted molar refractivity (Wildman–Crippen MR) is 82.1 cm³/mol. The number of rotatable bonds is 5. The van der Waals surface area contributed by atoms with Crippen LogP contribution in [0, 0.1) is 17.0 Å². The van der Waals surface area contributed by atoms with Crippen molar-refractivity contribution in [1.29, 1.82) is 0 Å². The monoisotopic (exact) mass is 306 g/mol. The molecule has 0 aliphatic rings. The van der Waals surface area contributed by atoms with Gasteiger partial charge in [-0.25, -0.2) is 4.98 Å². The van der Waals surface area contributed by atoms with E-state index in [2.05, 4.69) is 15.6 Å². The molecule has 0 atom stereocenters. The fourth-order valence-corrected chi connectivity index (χ4v) is 2.43. The molecule has 0 radical (unpaired) electrons. The summed E-state index contributed by atoms with van der Waals surface area (Å²) in [4.78, 5) is 26.7. The first-order chi connectivity index (χ1) is 10.0. The summed E-state index contributed by atoms with van der Waals surface area (Å²) >= 11 is 1.31. The van der Waals surface area contributed by atoms with Crippen LogP contribution < -0.4 is 10.6 Å². The molecular weight excluding hydrogens is 292 g/mol. The number of nitrogens with one attached hydrogen (secondary N) is 2. The van der Waals surface area contributed by atoms with Gasteiger partial charge in [0.25, 0.3) is 11.6 Å². The number of thiazole rings is 1. The smallest absolute Gasteiger partial charge is 0.293 e. The van der Waals surface area contributed by atoms with Crippen LogP contribution in [0.3, 0.4) is 0 Å². The molecule has 8 heteroatoms. The van der Waals surface area contributed by atoms with Crippen molar-refractivity contribution in [2.75, 3.05) is 17.2 Å². The number of anilines is 2. The fraction of sp³-hybridized carbons (Fsp3) is 0.231. The quantitative estimate of drug-likeness (QED) is 0.653. The summed E-state index contributed by atoms with van der Waals surface area (Å²) in [7, 11) is 0. The van der Waals surface area contributed by atoms with Gasteiger partial charge in [-0.1, -0.05) is 0 Å². The molecule has 7 nitrogen and oxygen atoms in total. The maximum Gasteiger partial charge on any atom is 0.293 e. The number of aryl methyl sites for hydroxylation is 1. The number of hydrogen-bond donors (Lipinski definition) is 2. The van der Waals surface area contributed by atoms with Crippen molar-refractivity contribution >= 4 is 33.8 Å². The zero-order valence-corrected chi connectivity index (χ0v) is 12.4. The standard InChI is InChI=1S/C13H14N4O3S/c1-3-14-10-5-4-9(6-11(10)17(19)20)12(18)16-13-15-8(2)7-21-13/h4-7,14H,3H2,1-2H3,(H,15,16,18). The molecule has 0 bridgehead atoms. The van der Waals surface area contributed by atoms with Crippen molar-refractivity contribution in [2.24, 2.45) is 0 Å². The van der Waals surface area contributed by atoms with Crippen molar-refractivity contribution in [3.8, 4) is 0 Å². The molecule has 1 aromatic carbocycles. The second kappa shape index (κ2) is 6.31. The van der Waals surface area contributed by atoms with Gasteiger partial charge < -0.3 is 5.32 Å². The predicted octanol–water partition coefficient (Wildman–Crippen LogP) is 3.04. The topological polar surface area (TPSA) is 97.2 Å². The Morgan fingerprint density at radius 1 is 1.48 bits per heavy atom. The summed E-state index contributed by atoms with van der Waals surface area (Å²) in [6.07, 6.45) is 0. The second-order valence-electron chi connectivity index (χ2n) is 4.27. The number of aromatic nitrogens is 1. The van der Waals surface area contributed by atoms with E-state index in [1.54, 1.807) is 6.07 Å². The maximum absolute atomic E-state index is 12.1. The largest absolute Gasteiger partial charge is 0.380 e. The normalized spacial score (nSPS) is 10.2. The highest BCUT2D eigenvalue weighted by atomic mass is 32.1. The Hall–Kier alpha value is -2.48. The van der Waals surface area contributed by atoms with Crippen LogP contribution in [0.1, 0.15) is 23.0 Å². The number of carbonyl (C=O) groups excluding carboxylic acids is 1. The molecule has 0 aliphatic carbocycles. The molecule has 0 fully saturated rings. The Morgan fingerprint density at radius 2 is 2.24 bits per heavy atom.